The lowest BCUT2D eigenvalue weighted by molar-refractivity contribution is -0.157. The molecule has 0 saturated carbocycles. The Balaban J connectivity index is 2.20. The molecule has 0 aliphatic rings. The molecule has 0 unspecified atom stereocenters. The minimum absolute atomic E-state index is 0.347. The van der Waals surface area contributed by atoms with E-state index in [9.17, 15) is 14.0 Å². The van der Waals surface area contributed by atoms with Gasteiger partial charge in [0.2, 0.25) is 6.10 Å². The smallest absolute Gasteiger partial charge is 0.309 e. The standard InChI is InChI=1S/C18H18FNO3/c1-12(2)18(22)23-16(13-6-4-3-5-7-13)17(21)20-15-10-8-14(19)9-11-15/h3-12,16H,1-2H3,(H,20,21)/t16-/m0/s1. The van der Waals surface area contributed by atoms with E-state index in [-0.39, 0.29) is 5.92 Å². The third-order valence-electron chi connectivity index (χ3n) is 3.16. The number of esters is 1. The van der Waals surface area contributed by atoms with E-state index >= 15 is 0 Å². The molecule has 2 aromatic rings. The van der Waals surface area contributed by atoms with E-state index in [2.05, 4.69) is 5.32 Å². The largest absolute Gasteiger partial charge is 0.447 e. The van der Waals surface area contributed by atoms with Gasteiger partial charge in [-0.2, -0.15) is 0 Å². The van der Waals surface area contributed by atoms with Gasteiger partial charge >= 0.3 is 5.97 Å². The summed E-state index contributed by atoms with van der Waals surface area (Å²) in [7, 11) is 0. The number of nitrogens with one attached hydrogen (secondary N) is 1. The Hall–Kier alpha value is -2.69. The summed E-state index contributed by atoms with van der Waals surface area (Å²) in [5.74, 6) is -1.70. The van der Waals surface area contributed by atoms with Gasteiger partial charge in [-0.15, -0.1) is 0 Å². The lowest BCUT2D eigenvalue weighted by atomic mass is 10.1. The molecule has 23 heavy (non-hydrogen) atoms. The summed E-state index contributed by atoms with van der Waals surface area (Å²) in [6, 6.07) is 14.1. The molecule has 4 nitrogen and oxygen atoms in total. The van der Waals surface area contributed by atoms with Gasteiger partial charge in [0.1, 0.15) is 5.82 Å². The van der Waals surface area contributed by atoms with Gasteiger partial charge in [0.05, 0.1) is 5.92 Å². The molecule has 0 spiro atoms. The van der Waals surface area contributed by atoms with Gasteiger partial charge in [-0.05, 0) is 24.3 Å². The van der Waals surface area contributed by atoms with Crippen molar-refractivity contribution >= 4 is 17.6 Å². The maximum Gasteiger partial charge on any atom is 0.309 e. The minimum atomic E-state index is -1.06. The monoisotopic (exact) mass is 315 g/mol. The van der Waals surface area contributed by atoms with E-state index in [1.807, 2.05) is 6.07 Å². The van der Waals surface area contributed by atoms with Gasteiger partial charge < -0.3 is 10.1 Å². The highest BCUT2D eigenvalue weighted by molar-refractivity contribution is 5.96. The van der Waals surface area contributed by atoms with Crippen molar-refractivity contribution < 1.29 is 18.7 Å². The van der Waals surface area contributed by atoms with Crippen molar-refractivity contribution in [3.63, 3.8) is 0 Å². The molecule has 1 N–H and O–H groups in total. The molecule has 0 fully saturated rings. The molecule has 120 valence electrons. The van der Waals surface area contributed by atoms with Crippen LogP contribution >= 0.6 is 0 Å². The molecule has 2 aromatic carbocycles. The molecule has 0 saturated heterocycles. The number of benzene rings is 2. The number of ether oxygens (including phenoxy) is 1. The average molecular weight is 315 g/mol. The van der Waals surface area contributed by atoms with Gasteiger partial charge in [0, 0.05) is 11.3 Å². The van der Waals surface area contributed by atoms with Gasteiger partial charge in [0.15, 0.2) is 0 Å². The van der Waals surface area contributed by atoms with E-state index in [4.69, 9.17) is 4.74 Å². The first-order chi connectivity index (χ1) is 11.0. The normalized spacial score (nSPS) is 11.8. The fourth-order valence-corrected chi connectivity index (χ4v) is 1.89. The summed E-state index contributed by atoms with van der Waals surface area (Å²) in [5, 5.41) is 2.63. The van der Waals surface area contributed by atoms with Crippen molar-refractivity contribution in [2.75, 3.05) is 5.32 Å². The first-order valence-corrected chi connectivity index (χ1v) is 7.29. The van der Waals surface area contributed by atoms with Crippen LogP contribution in [-0.4, -0.2) is 11.9 Å². The van der Waals surface area contributed by atoms with Crippen LogP contribution in [0.3, 0.4) is 0 Å². The predicted octanol–water partition coefficient (Wildman–Crippen LogP) is 3.70. The van der Waals surface area contributed by atoms with Gasteiger partial charge in [0.25, 0.3) is 5.91 Å². The van der Waals surface area contributed by atoms with E-state index < -0.39 is 23.8 Å². The van der Waals surface area contributed by atoms with Crippen molar-refractivity contribution in [1.29, 1.82) is 0 Å². The Bertz CT molecular complexity index is 668. The second-order valence-corrected chi connectivity index (χ2v) is 5.38. The van der Waals surface area contributed by atoms with E-state index in [1.165, 1.54) is 24.3 Å². The quantitative estimate of drug-likeness (QED) is 0.856. The molecule has 2 rings (SSSR count). The van der Waals surface area contributed by atoms with Crippen LogP contribution in [0.2, 0.25) is 0 Å². The SMILES string of the molecule is CC(C)C(=O)O[C@H](C(=O)Nc1ccc(F)cc1)c1ccccc1. The minimum Gasteiger partial charge on any atom is -0.447 e. The third-order valence-corrected chi connectivity index (χ3v) is 3.16. The average Bonchev–Trinajstić information content (AvgIpc) is 2.55. The lowest BCUT2D eigenvalue weighted by Gasteiger charge is -2.19. The number of carbonyl (C=O) groups is 2. The van der Waals surface area contributed by atoms with E-state index in [0.29, 0.717) is 11.3 Å². The first-order valence-electron chi connectivity index (χ1n) is 7.29. The van der Waals surface area contributed by atoms with Crippen molar-refractivity contribution in [1.82, 2.24) is 0 Å². The number of rotatable bonds is 5. The van der Waals surface area contributed by atoms with Crippen LogP contribution < -0.4 is 5.32 Å². The van der Waals surface area contributed by atoms with Crippen molar-refractivity contribution in [3.05, 3.63) is 66.0 Å². The zero-order valence-electron chi connectivity index (χ0n) is 13.0. The highest BCUT2D eigenvalue weighted by Crippen LogP contribution is 2.21. The maximum atomic E-state index is 12.9. The molecular formula is C18H18FNO3. The molecule has 0 aliphatic heterocycles. The van der Waals surface area contributed by atoms with Crippen LogP contribution in [0, 0.1) is 11.7 Å². The molecular weight excluding hydrogens is 297 g/mol. The zero-order chi connectivity index (χ0) is 16.8. The highest BCUT2D eigenvalue weighted by atomic mass is 19.1. The summed E-state index contributed by atoms with van der Waals surface area (Å²) in [6.07, 6.45) is -1.06. The molecule has 0 aliphatic carbocycles. The van der Waals surface area contributed by atoms with Crippen LogP contribution in [0.1, 0.15) is 25.5 Å². The zero-order valence-corrected chi connectivity index (χ0v) is 13.0. The predicted molar refractivity (Wildman–Crippen MR) is 85.1 cm³/mol. The second-order valence-electron chi connectivity index (χ2n) is 5.38. The Morgan fingerprint density at radius 3 is 2.17 bits per heavy atom. The number of carbonyl (C=O) groups excluding carboxylic acids is 2. The summed E-state index contributed by atoms with van der Waals surface area (Å²) >= 11 is 0. The van der Waals surface area contributed by atoms with Crippen LogP contribution in [0.4, 0.5) is 10.1 Å². The van der Waals surface area contributed by atoms with E-state index in [0.717, 1.165) is 0 Å². The first kappa shape index (κ1) is 16.7. The molecule has 0 radical (unpaired) electrons. The Morgan fingerprint density at radius 1 is 1.00 bits per heavy atom. The highest BCUT2D eigenvalue weighted by Gasteiger charge is 2.26. The summed E-state index contributed by atoms with van der Waals surface area (Å²) in [4.78, 5) is 24.4. The van der Waals surface area contributed by atoms with Gasteiger partial charge in [-0.25, -0.2) is 4.39 Å². The molecule has 0 bridgehead atoms. The summed E-state index contributed by atoms with van der Waals surface area (Å²) in [5.41, 5.74) is 0.999. The summed E-state index contributed by atoms with van der Waals surface area (Å²) < 4.78 is 18.3. The Kier molecular flexibility index (Phi) is 5.46. The number of hydrogen-bond donors (Lipinski definition) is 1. The van der Waals surface area contributed by atoms with Crippen molar-refractivity contribution in [3.8, 4) is 0 Å². The molecule has 1 atom stereocenters. The number of anilines is 1. The molecule has 1 amide bonds. The van der Waals surface area contributed by atoms with Crippen LogP contribution in [-0.2, 0) is 14.3 Å². The van der Waals surface area contributed by atoms with E-state index in [1.54, 1.807) is 38.1 Å². The maximum absolute atomic E-state index is 12.9. The summed E-state index contributed by atoms with van der Waals surface area (Å²) in [6.45, 7) is 3.39. The molecule has 0 aromatic heterocycles. The number of amides is 1. The van der Waals surface area contributed by atoms with Gasteiger partial charge in [-0.3, -0.25) is 9.59 Å². The second kappa shape index (κ2) is 7.54. The lowest BCUT2D eigenvalue weighted by Crippen LogP contribution is -2.27. The van der Waals surface area contributed by atoms with Gasteiger partial charge in [-0.1, -0.05) is 44.2 Å². The fraction of sp³-hybridized carbons (Fsp3) is 0.222. The number of halogens is 1. The Labute approximate surface area is 134 Å². The fourth-order valence-electron chi connectivity index (χ4n) is 1.89. The van der Waals surface area contributed by atoms with Crippen LogP contribution in [0.15, 0.2) is 54.6 Å². The van der Waals surface area contributed by atoms with Crippen molar-refractivity contribution in [2.24, 2.45) is 5.92 Å². The van der Waals surface area contributed by atoms with Crippen molar-refractivity contribution in [2.45, 2.75) is 20.0 Å². The Morgan fingerprint density at radius 2 is 1.61 bits per heavy atom. The molecule has 5 heteroatoms. The van der Waals surface area contributed by atoms with Crippen LogP contribution in [0.25, 0.3) is 0 Å². The topological polar surface area (TPSA) is 55.4 Å². The molecule has 0 heterocycles. The van der Waals surface area contributed by atoms with Crippen LogP contribution in [0.5, 0.6) is 0 Å². The number of hydrogen-bond acceptors (Lipinski definition) is 3. The third kappa shape index (κ3) is 4.64.